The van der Waals surface area contributed by atoms with E-state index in [0.717, 1.165) is 10.9 Å². The second-order valence-corrected chi connectivity index (χ2v) is 7.41. The van der Waals surface area contributed by atoms with Crippen LogP contribution in [0.1, 0.15) is 41.5 Å². The highest BCUT2D eigenvalue weighted by Gasteiger charge is 2.45. The van der Waals surface area contributed by atoms with E-state index in [1.807, 2.05) is 24.3 Å². The van der Waals surface area contributed by atoms with E-state index in [0.29, 0.717) is 22.6 Å². The zero-order valence-corrected chi connectivity index (χ0v) is 15.8. The number of hydrogen-bond donors (Lipinski definition) is 1. The summed E-state index contributed by atoms with van der Waals surface area (Å²) in [6.07, 6.45) is -0.965. The molecule has 142 valence electrons. The number of benzene rings is 2. The number of fused-ring (bicyclic) bond motifs is 2. The summed E-state index contributed by atoms with van der Waals surface area (Å²) in [6, 6.07) is 15.9. The molecule has 0 radical (unpaired) electrons. The lowest BCUT2D eigenvalue weighted by Crippen LogP contribution is -2.51. The van der Waals surface area contributed by atoms with E-state index in [4.69, 9.17) is 9.47 Å². The number of nitriles is 1. The summed E-state index contributed by atoms with van der Waals surface area (Å²) in [5.41, 5.74) is 1.33. The molecule has 2 heterocycles. The lowest BCUT2D eigenvalue weighted by molar-refractivity contribution is -0.0633. The molecule has 0 spiro atoms. The normalized spacial score (nSPS) is 20.1. The van der Waals surface area contributed by atoms with Gasteiger partial charge in [0.25, 0.3) is 0 Å². The van der Waals surface area contributed by atoms with Crippen LogP contribution in [-0.4, -0.2) is 34.5 Å². The maximum absolute atomic E-state index is 12.5. The number of aliphatic hydroxyl groups is 1. The van der Waals surface area contributed by atoms with Gasteiger partial charge in [0.1, 0.15) is 23.1 Å². The Morgan fingerprint density at radius 3 is 2.71 bits per heavy atom. The third-order valence-electron chi connectivity index (χ3n) is 5.26. The first-order chi connectivity index (χ1) is 13.4. The molecule has 2 atom stereocenters. The van der Waals surface area contributed by atoms with Crippen LogP contribution in [0.3, 0.4) is 0 Å². The van der Waals surface area contributed by atoms with Crippen molar-refractivity contribution < 1.29 is 19.4 Å². The first-order valence-corrected chi connectivity index (χ1v) is 8.97. The quantitative estimate of drug-likeness (QED) is 0.693. The van der Waals surface area contributed by atoms with Crippen molar-refractivity contribution in [3.8, 4) is 11.8 Å². The highest BCUT2D eigenvalue weighted by molar-refractivity contribution is 5.96. The number of methoxy groups -OCH3 is 1. The molecule has 1 aliphatic heterocycles. The van der Waals surface area contributed by atoms with Gasteiger partial charge < -0.3 is 19.1 Å². The van der Waals surface area contributed by atoms with Gasteiger partial charge in [0, 0.05) is 16.5 Å². The molecule has 1 aromatic heterocycles. The second-order valence-electron chi connectivity index (χ2n) is 7.41. The van der Waals surface area contributed by atoms with Crippen LogP contribution in [-0.2, 0) is 4.74 Å². The smallest absolute Gasteiger partial charge is 0.354 e. The van der Waals surface area contributed by atoms with Gasteiger partial charge in [-0.3, -0.25) is 0 Å². The number of esters is 1. The summed E-state index contributed by atoms with van der Waals surface area (Å²) < 4.78 is 12.8. The molecule has 1 N–H and O–H groups in total. The Hall–Kier alpha value is -3.30. The summed E-state index contributed by atoms with van der Waals surface area (Å²) in [5, 5.41) is 21.4. The molecule has 0 saturated heterocycles. The molecule has 6 heteroatoms. The van der Waals surface area contributed by atoms with Gasteiger partial charge >= 0.3 is 5.97 Å². The van der Waals surface area contributed by atoms with Crippen molar-refractivity contribution in [1.29, 1.82) is 5.26 Å². The second kappa shape index (κ2) is 6.39. The SMILES string of the molecule is COC(=O)c1cc2ccccc2n1[C@@H]1c2cc(C#N)ccc2OC(C)(C)[C@H]1O. The molecule has 0 amide bonds. The Balaban J connectivity index is 2.06. The number of para-hydroxylation sites is 1. The molecule has 4 rings (SSSR count). The third-order valence-corrected chi connectivity index (χ3v) is 5.26. The van der Waals surface area contributed by atoms with Crippen LogP contribution in [0.15, 0.2) is 48.5 Å². The number of carbonyl (C=O) groups is 1. The van der Waals surface area contributed by atoms with Crippen molar-refractivity contribution in [2.45, 2.75) is 31.6 Å². The van der Waals surface area contributed by atoms with Crippen LogP contribution in [0, 0.1) is 11.3 Å². The Kier molecular flexibility index (Phi) is 4.13. The first kappa shape index (κ1) is 18.1. The molecule has 3 aromatic rings. The minimum Gasteiger partial charge on any atom is -0.485 e. The number of hydrogen-bond acceptors (Lipinski definition) is 5. The number of aliphatic hydroxyl groups excluding tert-OH is 1. The lowest BCUT2D eigenvalue weighted by atomic mass is 9.85. The topological polar surface area (TPSA) is 84.5 Å². The maximum atomic E-state index is 12.5. The molecular weight excluding hydrogens is 356 g/mol. The molecule has 0 bridgehead atoms. The fourth-order valence-electron chi connectivity index (χ4n) is 3.85. The van der Waals surface area contributed by atoms with E-state index in [1.165, 1.54) is 7.11 Å². The standard InChI is InChI=1S/C22H20N2O4/c1-22(2)20(25)19(15-10-13(12-23)8-9-18(15)28-22)24-16-7-5-4-6-14(16)11-17(24)21(26)27-3/h4-11,19-20,25H,1-3H3/t19-,20+/m1/s1. The summed E-state index contributed by atoms with van der Waals surface area (Å²) >= 11 is 0. The maximum Gasteiger partial charge on any atom is 0.354 e. The van der Waals surface area contributed by atoms with E-state index in [9.17, 15) is 15.2 Å². The van der Waals surface area contributed by atoms with Crippen molar-refractivity contribution in [3.05, 3.63) is 65.4 Å². The molecule has 0 unspecified atom stereocenters. The van der Waals surface area contributed by atoms with Crippen LogP contribution in [0.2, 0.25) is 0 Å². The zero-order chi connectivity index (χ0) is 20.1. The number of aromatic nitrogens is 1. The van der Waals surface area contributed by atoms with E-state index in [2.05, 4.69) is 6.07 Å². The molecule has 2 aromatic carbocycles. The van der Waals surface area contributed by atoms with Crippen LogP contribution >= 0.6 is 0 Å². The molecule has 0 aliphatic carbocycles. The Labute approximate surface area is 162 Å². The summed E-state index contributed by atoms with van der Waals surface area (Å²) in [7, 11) is 1.33. The minimum atomic E-state index is -0.965. The van der Waals surface area contributed by atoms with E-state index in [1.54, 1.807) is 42.7 Å². The van der Waals surface area contributed by atoms with E-state index >= 15 is 0 Å². The third kappa shape index (κ3) is 2.63. The predicted molar refractivity (Wildman–Crippen MR) is 103 cm³/mol. The van der Waals surface area contributed by atoms with Crippen molar-refractivity contribution in [1.82, 2.24) is 4.57 Å². The van der Waals surface area contributed by atoms with Crippen molar-refractivity contribution in [3.63, 3.8) is 0 Å². The fraction of sp³-hybridized carbons (Fsp3) is 0.273. The van der Waals surface area contributed by atoms with Gasteiger partial charge in [-0.2, -0.15) is 5.26 Å². The van der Waals surface area contributed by atoms with Crippen LogP contribution in [0.25, 0.3) is 10.9 Å². The monoisotopic (exact) mass is 376 g/mol. The highest BCUT2D eigenvalue weighted by Crippen LogP contribution is 2.44. The van der Waals surface area contributed by atoms with E-state index < -0.39 is 23.7 Å². The average Bonchev–Trinajstić information content (AvgIpc) is 3.07. The van der Waals surface area contributed by atoms with Gasteiger partial charge in [-0.15, -0.1) is 0 Å². The van der Waals surface area contributed by atoms with E-state index in [-0.39, 0.29) is 0 Å². The predicted octanol–water partition coefficient (Wildman–Crippen LogP) is 3.42. The fourth-order valence-corrected chi connectivity index (χ4v) is 3.85. The van der Waals surface area contributed by atoms with Crippen molar-refractivity contribution in [2.24, 2.45) is 0 Å². The average molecular weight is 376 g/mol. The van der Waals surface area contributed by atoms with Crippen molar-refractivity contribution in [2.75, 3.05) is 7.11 Å². The van der Waals surface area contributed by atoms with Gasteiger partial charge in [0.2, 0.25) is 0 Å². The Bertz CT molecular complexity index is 1120. The highest BCUT2D eigenvalue weighted by atomic mass is 16.5. The molecule has 0 fully saturated rings. The van der Waals surface area contributed by atoms with Crippen molar-refractivity contribution >= 4 is 16.9 Å². The molecule has 1 aliphatic rings. The van der Waals surface area contributed by atoms with Gasteiger partial charge in [-0.05, 0) is 44.2 Å². The lowest BCUT2D eigenvalue weighted by Gasteiger charge is -2.43. The first-order valence-electron chi connectivity index (χ1n) is 8.97. The Morgan fingerprint density at radius 2 is 2.00 bits per heavy atom. The van der Waals surface area contributed by atoms with Crippen LogP contribution < -0.4 is 4.74 Å². The summed E-state index contributed by atoms with van der Waals surface area (Å²) in [6.45, 7) is 3.60. The molecule has 28 heavy (non-hydrogen) atoms. The molecule has 6 nitrogen and oxygen atoms in total. The summed E-state index contributed by atoms with van der Waals surface area (Å²) in [5.74, 6) is 0.0820. The largest absolute Gasteiger partial charge is 0.485 e. The van der Waals surface area contributed by atoms with Gasteiger partial charge in [-0.1, -0.05) is 18.2 Å². The molecular formula is C22H20N2O4. The minimum absolute atomic E-state index is 0.332. The van der Waals surface area contributed by atoms with Gasteiger partial charge in [-0.25, -0.2) is 4.79 Å². The van der Waals surface area contributed by atoms with Gasteiger partial charge in [0.15, 0.2) is 0 Å². The molecule has 0 saturated carbocycles. The van der Waals surface area contributed by atoms with Gasteiger partial charge in [0.05, 0.1) is 24.8 Å². The number of rotatable bonds is 2. The Morgan fingerprint density at radius 1 is 1.25 bits per heavy atom. The zero-order valence-electron chi connectivity index (χ0n) is 15.8. The van der Waals surface area contributed by atoms with Crippen LogP contribution in [0.4, 0.5) is 0 Å². The van der Waals surface area contributed by atoms with Crippen LogP contribution in [0.5, 0.6) is 5.75 Å². The number of nitrogens with zero attached hydrogens (tertiary/aromatic N) is 2. The number of carbonyl (C=O) groups excluding carboxylic acids is 1. The number of ether oxygens (including phenoxy) is 2. The summed E-state index contributed by atoms with van der Waals surface area (Å²) in [4.78, 5) is 12.5.